The van der Waals surface area contributed by atoms with E-state index in [1.165, 1.54) is 0 Å². The van der Waals surface area contributed by atoms with E-state index in [1.54, 1.807) is 24.5 Å². The van der Waals surface area contributed by atoms with Gasteiger partial charge >= 0.3 is 0 Å². The van der Waals surface area contributed by atoms with E-state index < -0.39 is 0 Å². The first kappa shape index (κ1) is 15.8. The molecule has 1 heterocycles. The highest BCUT2D eigenvalue weighted by Crippen LogP contribution is 2.26. The molecule has 0 bridgehead atoms. The molecule has 0 aliphatic heterocycles. The number of halogens is 2. The number of carbonyl (C=O) groups excluding carboxylic acids is 1. The Hall–Kier alpha value is -1.58. The molecule has 1 amide bonds. The smallest absolute Gasteiger partial charge is 0.220 e. The fourth-order valence-electron chi connectivity index (χ4n) is 2.05. The van der Waals surface area contributed by atoms with Crippen LogP contribution in [0.25, 0.3) is 0 Å². The summed E-state index contributed by atoms with van der Waals surface area (Å²) in [5.74, 6) is -0.0163. The van der Waals surface area contributed by atoms with Crippen LogP contribution in [0.5, 0.6) is 0 Å². The standard InChI is InChI=1S/C16H16Cl2N2O/c1-11(14-6-5-13(17)9-15(14)18)20-16(21)7-4-12-3-2-8-19-10-12/h2-3,5-6,8-11H,4,7H2,1H3,(H,20,21)/t11-/m0/s1. The third-order valence-corrected chi connectivity index (χ3v) is 3.73. The Morgan fingerprint density at radius 3 is 2.81 bits per heavy atom. The first-order valence-corrected chi connectivity index (χ1v) is 7.45. The highest BCUT2D eigenvalue weighted by molar-refractivity contribution is 6.35. The second kappa shape index (κ2) is 7.43. The number of aromatic nitrogens is 1. The highest BCUT2D eigenvalue weighted by Gasteiger charge is 2.13. The van der Waals surface area contributed by atoms with Crippen LogP contribution in [0.4, 0.5) is 0 Å². The van der Waals surface area contributed by atoms with Crippen molar-refractivity contribution in [3.05, 3.63) is 63.9 Å². The molecule has 1 atom stereocenters. The first-order chi connectivity index (χ1) is 10.1. The minimum Gasteiger partial charge on any atom is -0.350 e. The van der Waals surface area contributed by atoms with Crippen LogP contribution >= 0.6 is 23.2 Å². The summed E-state index contributed by atoms with van der Waals surface area (Å²) in [5, 5.41) is 4.08. The molecule has 3 nitrogen and oxygen atoms in total. The van der Waals surface area contributed by atoms with Crippen molar-refractivity contribution in [2.75, 3.05) is 0 Å². The lowest BCUT2D eigenvalue weighted by atomic mass is 10.1. The molecular weight excluding hydrogens is 307 g/mol. The first-order valence-electron chi connectivity index (χ1n) is 6.69. The summed E-state index contributed by atoms with van der Waals surface area (Å²) < 4.78 is 0. The third kappa shape index (κ3) is 4.73. The fourth-order valence-corrected chi connectivity index (χ4v) is 2.62. The Labute approximate surface area is 134 Å². The van der Waals surface area contributed by atoms with E-state index in [0.717, 1.165) is 11.1 Å². The van der Waals surface area contributed by atoms with Crippen LogP contribution in [-0.4, -0.2) is 10.9 Å². The largest absolute Gasteiger partial charge is 0.350 e. The van der Waals surface area contributed by atoms with Gasteiger partial charge in [-0.3, -0.25) is 9.78 Å². The van der Waals surface area contributed by atoms with E-state index in [0.29, 0.717) is 22.9 Å². The van der Waals surface area contributed by atoms with E-state index >= 15 is 0 Å². The third-order valence-electron chi connectivity index (χ3n) is 3.17. The average Bonchev–Trinajstić information content (AvgIpc) is 2.46. The minimum absolute atomic E-state index is 0.0163. The summed E-state index contributed by atoms with van der Waals surface area (Å²) >= 11 is 12.0. The topological polar surface area (TPSA) is 42.0 Å². The molecule has 0 aliphatic rings. The molecule has 2 rings (SSSR count). The maximum Gasteiger partial charge on any atom is 0.220 e. The Kier molecular flexibility index (Phi) is 5.59. The van der Waals surface area contributed by atoms with Crippen molar-refractivity contribution < 1.29 is 4.79 Å². The number of hydrogen-bond donors (Lipinski definition) is 1. The number of rotatable bonds is 5. The summed E-state index contributed by atoms with van der Waals surface area (Å²) in [6.45, 7) is 1.90. The van der Waals surface area contributed by atoms with Crippen molar-refractivity contribution >= 4 is 29.1 Å². The van der Waals surface area contributed by atoms with Crippen LogP contribution in [-0.2, 0) is 11.2 Å². The zero-order valence-corrected chi connectivity index (χ0v) is 13.2. The van der Waals surface area contributed by atoms with Crippen LogP contribution in [0.3, 0.4) is 0 Å². The second-order valence-corrected chi connectivity index (χ2v) is 5.66. The Balaban J connectivity index is 1.90. The second-order valence-electron chi connectivity index (χ2n) is 4.82. The van der Waals surface area contributed by atoms with Gasteiger partial charge in [0.1, 0.15) is 0 Å². The van der Waals surface area contributed by atoms with E-state index in [2.05, 4.69) is 10.3 Å². The lowest BCUT2D eigenvalue weighted by molar-refractivity contribution is -0.121. The van der Waals surface area contributed by atoms with E-state index in [4.69, 9.17) is 23.2 Å². The molecule has 110 valence electrons. The predicted molar refractivity (Wildman–Crippen MR) is 85.6 cm³/mol. The summed E-state index contributed by atoms with van der Waals surface area (Å²) in [6, 6.07) is 8.94. The van der Waals surface area contributed by atoms with Crippen LogP contribution in [0.1, 0.15) is 30.5 Å². The molecule has 0 radical (unpaired) electrons. The van der Waals surface area contributed by atoms with Gasteiger partial charge in [0.2, 0.25) is 5.91 Å². The van der Waals surface area contributed by atoms with Gasteiger partial charge in [-0.1, -0.05) is 35.3 Å². The van der Waals surface area contributed by atoms with Gasteiger partial charge < -0.3 is 5.32 Å². The van der Waals surface area contributed by atoms with Crippen molar-refractivity contribution in [1.29, 1.82) is 0 Å². The molecule has 0 saturated carbocycles. The van der Waals surface area contributed by atoms with E-state index in [-0.39, 0.29) is 11.9 Å². The molecule has 0 spiro atoms. The van der Waals surface area contributed by atoms with Crippen molar-refractivity contribution in [1.82, 2.24) is 10.3 Å². The van der Waals surface area contributed by atoms with Crippen molar-refractivity contribution in [2.24, 2.45) is 0 Å². The van der Waals surface area contributed by atoms with Crippen LogP contribution in [0.2, 0.25) is 10.0 Å². The summed E-state index contributed by atoms with van der Waals surface area (Å²) in [7, 11) is 0. The molecule has 1 aromatic heterocycles. The van der Waals surface area contributed by atoms with Crippen molar-refractivity contribution in [3.8, 4) is 0 Å². The van der Waals surface area contributed by atoms with Crippen molar-refractivity contribution in [2.45, 2.75) is 25.8 Å². The molecule has 5 heteroatoms. The molecule has 0 aliphatic carbocycles. The number of hydrogen-bond acceptors (Lipinski definition) is 2. The number of nitrogens with zero attached hydrogens (tertiary/aromatic N) is 1. The van der Waals surface area contributed by atoms with Crippen LogP contribution in [0.15, 0.2) is 42.7 Å². The monoisotopic (exact) mass is 322 g/mol. The van der Waals surface area contributed by atoms with Crippen LogP contribution in [0, 0.1) is 0 Å². The summed E-state index contributed by atoms with van der Waals surface area (Å²) in [4.78, 5) is 16.0. The number of carbonyl (C=O) groups is 1. The predicted octanol–water partition coefficient (Wildman–Crippen LogP) is 4.20. The van der Waals surface area contributed by atoms with Gasteiger partial charge in [-0.05, 0) is 42.7 Å². The number of pyridine rings is 1. The lowest BCUT2D eigenvalue weighted by Gasteiger charge is -2.16. The summed E-state index contributed by atoms with van der Waals surface area (Å²) in [5.41, 5.74) is 1.90. The van der Waals surface area contributed by atoms with Gasteiger partial charge in [0, 0.05) is 28.9 Å². The minimum atomic E-state index is -0.156. The van der Waals surface area contributed by atoms with Gasteiger partial charge in [0.05, 0.1) is 6.04 Å². The zero-order valence-electron chi connectivity index (χ0n) is 11.6. The van der Waals surface area contributed by atoms with Gasteiger partial charge in [-0.2, -0.15) is 0 Å². The molecular formula is C16H16Cl2N2O. The number of aryl methyl sites for hydroxylation is 1. The Morgan fingerprint density at radius 2 is 2.14 bits per heavy atom. The summed E-state index contributed by atoms with van der Waals surface area (Å²) in [6.07, 6.45) is 4.57. The Morgan fingerprint density at radius 1 is 1.33 bits per heavy atom. The maximum absolute atomic E-state index is 12.0. The van der Waals surface area contributed by atoms with Crippen LogP contribution < -0.4 is 5.32 Å². The van der Waals surface area contributed by atoms with Gasteiger partial charge in [0.25, 0.3) is 0 Å². The molecule has 0 saturated heterocycles. The molecule has 0 fully saturated rings. The molecule has 0 unspecified atom stereocenters. The zero-order chi connectivity index (χ0) is 15.2. The van der Waals surface area contributed by atoms with Gasteiger partial charge in [0.15, 0.2) is 0 Å². The normalized spacial score (nSPS) is 12.0. The van der Waals surface area contributed by atoms with E-state index in [1.807, 2.05) is 25.1 Å². The quantitative estimate of drug-likeness (QED) is 0.896. The molecule has 1 aromatic carbocycles. The van der Waals surface area contributed by atoms with Gasteiger partial charge in [-0.25, -0.2) is 0 Å². The average molecular weight is 323 g/mol. The number of benzene rings is 1. The fraction of sp³-hybridized carbons (Fsp3) is 0.250. The molecule has 21 heavy (non-hydrogen) atoms. The number of amides is 1. The SMILES string of the molecule is C[C@H](NC(=O)CCc1cccnc1)c1ccc(Cl)cc1Cl. The van der Waals surface area contributed by atoms with Crippen molar-refractivity contribution in [3.63, 3.8) is 0 Å². The molecule has 1 N–H and O–H groups in total. The van der Waals surface area contributed by atoms with E-state index in [9.17, 15) is 4.79 Å². The molecule has 2 aromatic rings. The lowest BCUT2D eigenvalue weighted by Crippen LogP contribution is -2.27. The maximum atomic E-state index is 12.0. The number of nitrogens with one attached hydrogen (secondary N) is 1. The highest BCUT2D eigenvalue weighted by atomic mass is 35.5. The Bertz CT molecular complexity index is 617. The van der Waals surface area contributed by atoms with Gasteiger partial charge in [-0.15, -0.1) is 0 Å².